The van der Waals surface area contributed by atoms with Gasteiger partial charge in [0.25, 0.3) is 5.60 Å². The van der Waals surface area contributed by atoms with Gasteiger partial charge in [0, 0.05) is 39.6 Å². The third-order valence-corrected chi connectivity index (χ3v) is 8.90. The second-order valence-corrected chi connectivity index (χ2v) is 12.1. The van der Waals surface area contributed by atoms with Gasteiger partial charge in [0.05, 0.1) is 17.2 Å². The fourth-order valence-corrected chi connectivity index (χ4v) is 6.89. The van der Waals surface area contributed by atoms with Crippen LogP contribution >= 0.6 is 23.2 Å². The molecule has 0 saturated carbocycles. The van der Waals surface area contributed by atoms with Crippen LogP contribution in [0.3, 0.4) is 0 Å². The molecule has 0 amide bonds. The molecular weight excluding hydrogens is 538 g/mol. The number of hydrogen-bond donors (Lipinski definition) is 0. The highest BCUT2D eigenvalue weighted by Gasteiger charge is 2.62. The van der Waals surface area contributed by atoms with E-state index in [9.17, 15) is 26.4 Å². The molecule has 0 bridgehead atoms. The number of ketones is 1. The van der Waals surface area contributed by atoms with Gasteiger partial charge in [-0.15, -0.1) is 0 Å². The van der Waals surface area contributed by atoms with Gasteiger partial charge in [-0.2, -0.15) is 13.2 Å². The van der Waals surface area contributed by atoms with Crippen molar-refractivity contribution >= 4 is 55.3 Å². The Labute approximate surface area is 214 Å². The summed E-state index contributed by atoms with van der Waals surface area (Å²) in [5, 5.41) is 4.98. The Balaban J connectivity index is 1.51. The Kier molecular flexibility index (Phi) is 6.08. The van der Waals surface area contributed by atoms with Gasteiger partial charge in [-0.05, 0) is 34.9 Å². The Hall–Kier alpha value is -2.62. The molecule has 3 aromatic rings. The molecule has 2 heterocycles. The predicted molar refractivity (Wildman–Crippen MR) is 131 cm³/mol. The SMILES string of the molecule is O=C(CC1CS(=O)(=O)C1)c1ccc(C2=NOC(c3cc(Cl)cc(Cl)c3)(C(F)(F)F)C2)c2ccccc12. The van der Waals surface area contributed by atoms with Crippen molar-refractivity contribution in [2.45, 2.75) is 24.6 Å². The van der Waals surface area contributed by atoms with E-state index in [1.165, 1.54) is 6.07 Å². The van der Waals surface area contributed by atoms with Crippen molar-refractivity contribution in [2.75, 3.05) is 11.5 Å². The second kappa shape index (κ2) is 8.75. The van der Waals surface area contributed by atoms with E-state index in [1.807, 2.05) is 0 Å². The second-order valence-electron chi connectivity index (χ2n) is 9.07. The molecule has 5 rings (SSSR count). The normalized spacial score (nSPS) is 21.6. The van der Waals surface area contributed by atoms with E-state index in [1.54, 1.807) is 36.4 Å². The van der Waals surface area contributed by atoms with Gasteiger partial charge in [-0.1, -0.05) is 64.8 Å². The number of carbonyl (C=O) groups is 1. The van der Waals surface area contributed by atoms with Crippen molar-refractivity contribution in [3.8, 4) is 0 Å². The number of carbonyl (C=O) groups excluding carboxylic acids is 1. The van der Waals surface area contributed by atoms with Crippen molar-refractivity contribution in [2.24, 2.45) is 11.1 Å². The molecule has 0 radical (unpaired) electrons. The lowest BCUT2D eigenvalue weighted by Crippen LogP contribution is -2.42. The molecule has 2 aliphatic heterocycles. The molecule has 0 aromatic heterocycles. The van der Waals surface area contributed by atoms with Crippen LogP contribution in [-0.2, 0) is 20.3 Å². The molecule has 188 valence electrons. The Bertz CT molecular complexity index is 1510. The van der Waals surface area contributed by atoms with Crippen LogP contribution in [0.5, 0.6) is 0 Å². The first-order valence-corrected chi connectivity index (χ1v) is 13.5. The maximum absolute atomic E-state index is 14.4. The molecule has 3 aromatic carbocycles. The van der Waals surface area contributed by atoms with Crippen LogP contribution in [0.15, 0.2) is 59.8 Å². The quantitative estimate of drug-likeness (QED) is 0.344. The molecule has 2 aliphatic rings. The van der Waals surface area contributed by atoms with Crippen LogP contribution in [0.1, 0.15) is 34.3 Å². The highest BCUT2D eigenvalue weighted by molar-refractivity contribution is 7.92. The maximum Gasteiger partial charge on any atom is 0.435 e. The summed E-state index contributed by atoms with van der Waals surface area (Å²) in [4.78, 5) is 18.1. The van der Waals surface area contributed by atoms with Gasteiger partial charge in [0.1, 0.15) is 0 Å². The zero-order valence-corrected chi connectivity index (χ0v) is 20.8. The highest BCUT2D eigenvalue weighted by atomic mass is 35.5. The van der Waals surface area contributed by atoms with Crippen molar-refractivity contribution in [1.29, 1.82) is 0 Å². The summed E-state index contributed by atoms with van der Waals surface area (Å²) < 4.78 is 66.0. The zero-order chi connectivity index (χ0) is 25.9. The minimum atomic E-state index is -4.83. The molecule has 1 atom stereocenters. The number of fused-ring (bicyclic) bond motifs is 1. The van der Waals surface area contributed by atoms with Gasteiger partial charge in [-0.3, -0.25) is 4.79 Å². The smallest absolute Gasteiger partial charge is 0.374 e. The molecular formula is C25H18Cl2F3NO4S. The molecule has 0 N–H and O–H groups in total. The number of Topliss-reactive ketones (excluding diaryl/α,β-unsaturated/α-hetero) is 1. The fourth-order valence-electron chi connectivity index (χ4n) is 4.79. The molecule has 1 unspecified atom stereocenters. The summed E-state index contributed by atoms with van der Waals surface area (Å²) in [5.41, 5.74) is -2.21. The molecule has 1 saturated heterocycles. The predicted octanol–water partition coefficient (Wildman–Crippen LogP) is 6.35. The molecule has 36 heavy (non-hydrogen) atoms. The molecule has 1 fully saturated rings. The van der Waals surface area contributed by atoms with Gasteiger partial charge in [-0.25, -0.2) is 8.42 Å². The topological polar surface area (TPSA) is 72.8 Å². The molecule has 5 nitrogen and oxygen atoms in total. The first-order valence-electron chi connectivity index (χ1n) is 10.9. The van der Waals surface area contributed by atoms with E-state index >= 15 is 0 Å². The van der Waals surface area contributed by atoms with Crippen LogP contribution in [-0.4, -0.2) is 37.6 Å². The third kappa shape index (κ3) is 4.37. The first kappa shape index (κ1) is 25.0. The van der Waals surface area contributed by atoms with Gasteiger partial charge in [0.15, 0.2) is 15.6 Å². The van der Waals surface area contributed by atoms with Crippen LogP contribution in [0.2, 0.25) is 10.0 Å². The van der Waals surface area contributed by atoms with Crippen LogP contribution in [0, 0.1) is 5.92 Å². The average molecular weight is 556 g/mol. The number of rotatable bonds is 5. The van der Waals surface area contributed by atoms with Gasteiger partial charge in [0.2, 0.25) is 0 Å². The van der Waals surface area contributed by atoms with Crippen molar-refractivity contribution in [3.05, 3.63) is 81.3 Å². The summed E-state index contributed by atoms with van der Waals surface area (Å²) in [5.74, 6) is -0.489. The van der Waals surface area contributed by atoms with E-state index in [-0.39, 0.29) is 50.9 Å². The summed E-state index contributed by atoms with van der Waals surface area (Å²) in [7, 11) is -3.06. The molecule has 0 aliphatic carbocycles. The summed E-state index contributed by atoms with van der Waals surface area (Å²) in [6, 6.07) is 13.6. The van der Waals surface area contributed by atoms with Crippen molar-refractivity contribution in [1.82, 2.24) is 0 Å². The Morgan fingerprint density at radius 1 is 1.03 bits per heavy atom. The summed E-state index contributed by atoms with van der Waals surface area (Å²) >= 11 is 12.0. The van der Waals surface area contributed by atoms with E-state index in [0.29, 0.717) is 21.9 Å². The Morgan fingerprint density at radius 2 is 1.67 bits per heavy atom. The number of nitrogens with zero attached hydrogens (tertiary/aromatic N) is 1. The largest absolute Gasteiger partial charge is 0.435 e. The lowest BCUT2D eigenvalue weighted by Gasteiger charge is -2.29. The number of benzene rings is 3. The summed E-state index contributed by atoms with van der Waals surface area (Å²) in [6.07, 6.45) is -5.37. The van der Waals surface area contributed by atoms with Crippen LogP contribution in [0.25, 0.3) is 10.8 Å². The van der Waals surface area contributed by atoms with Gasteiger partial charge >= 0.3 is 6.18 Å². The minimum Gasteiger partial charge on any atom is -0.374 e. The number of halogens is 5. The van der Waals surface area contributed by atoms with Crippen LogP contribution in [0.4, 0.5) is 13.2 Å². The third-order valence-electron chi connectivity index (χ3n) is 6.50. The lowest BCUT2D eigenvalue weighted by atomic mass is 9.85. The first-order chi connectivity index (χ1) is 16.9. The number of hydrogen-bond acceptors (Lipinski definition) is 5. The number of oxime groups is 1. The van der Waals surface area contributed by atoms with E-state index in [2.05, 4.69) is 5.16 Å². The number of sulfone groups is 1. The van der Waals surface area contributed by atoms with Crippen molar-refractivity contribution < 1.29 is 31.2 Å². The standard InChI is InChI=1S/C25H18Cl2F3NO4S/c26-16-8-15(9-17(27)10-16)24(25(28,29)30)11-22(31-35-24)20-5-6-21(19-4-2-1-3-18(19)20)23(32)7-14-12-36(33,34)13-14/h1-6,8-10,14H,7,11-13H2. The molecule has 11 heteroatoms. The van der Waals surface area contributed by atoms with Crippen molar-refractivity contribution in [3.63, 3.8) is 0 Å². The van der Waals surface area contributed by atoms with E-state index in [4.69, 9.17) is 28.0 Å². The highest BCUT2D eigenvalue weighted by Crippen LogP contribution is 2.50. The fraction of sp³-hybridized carbons (Fsp3) is 0.280. The number of alkyl halides is 3. The molecule has 0 spiro atoms. The van der Waals surface area contributed by atoms with E-state index < -0.39 is 28.0 Å². The summed E-state index contributed by atoms with van der Waals surface area (Å²) in [6.45, 7) is 0. The van der Waals surface area contributed by atoms with Gasteiger partial charge < -0.3 is 4.84 Å². The average Bonchev–Trinajstić information content (AvgIpc) is 3.23. The monoisotopic (exact) mass is 555 g/mol. The van der Waals surface area contributed by atoms with Crippen LogP contribution < -0.4 is 0 Å². The zero-order valence-electron chi connectivity index (χ0n) is 18.5. The maximum atomic E-state index is 14.4. The minimum absolute atomic E-state index is 0.0179. The lowest BCUT2D eigenvalue weighted by molar-refractivity contribution is -0.275. The van der Waals surface area contributed by atoms with E-state index in [0.717, 1.165) is 12.1 Å². The Morgan fingerprint density at radius 3 is 2.28 bits per heavy atom.